The van der Waals surface area contributed by atoms with Crippen molar-refractivity contribution in [3.8, 4) is 5.75 Å². The van der Waals surface area contributed by atoms with Crippen LogP contribution in [-0.2, 0) is 21.2 Å². The van der Waals surface area contributed by atoms with Crippen LogP contribution in [0.4, 0.5) is 0 Å². The van der Waals surface area contributed by atoms with E-state index in [9.17, 15) is 13.2 Å². The summed E-state index contributed by atoms with van der Waals surface area (Å²) in [6.07, 6.45) is 1.53. The molecule has 2 aromatic carbocycles. The van der Waals surface area contributed by atoms with Gasteiger partial charge in [-0.3, -0.25) is 10.2 Å². The van der Waals surface area contributed by atoms with Gasteiger partial charge in [0.15, 0.2) is 5.84 Å². The van der Waals surface area contributed by atoms with Crippen LogP contribution in [0.3, 0.4) is 0 Å². The third kappa shape index (κ3) is 4.44. The Balaban J connectivity index is 1.51. The second kappa shape index (κ2) is 8.48. The monoisotopic (exact) mass is 454 g/mol. The summed E-state index contributed by atoms with van der Waals surface area (Å²) in [4.78, 5) is 16.3. The molecule has 10 heteroatoms. The number of rotatable bonds is 5. The first-order valence-electron chi connectivity index (χ1n) is 9.37. The van der Waals surface area contributed by atoms with E-state index < -0.39 is 15.7 Å². The van der Waals surface area contributed by atoms with Crippen molar-refractivity contribution in [3.05, 3.63) is 71.3 Å². The molecule has 0 fully saturated rings. The van der Waals surface area contributed by atoms with E-state index in [1.165, 1.54) is 13.0 Å². The Labute approximate surface area is 183 Å². The van der Waals surface area contributed by atoms with E-state index in [1.54, 1.807) is 24.3 Å². The molecule has 0 saturated heterocycles. The first-order valence-corrected chi connectivity index (χ1v) is 11.8. The van der Waals surface area contributed by atoms with Crippen LogP contribution < -0.4 is 4.74 Å². The number of aliphatic imine (C=N–C) groups is 1. The van der Waals surface area contributed by atoms with E-state index >= 15 is 0 Å². The molecule has 0 bridgehead atoms. The number of hydrazone groups is 1. The number of nitrogens with zero attached hydrogens (tertiary/aromatic N) is 3. The standard InChI is InChI=1S/C21H18N4O4S2/c1-2-31(27,28)21-24-25-18(22)17(19(26)23-20(25)30-21)12-14-8-10-16(11-9-14)29-13-15-6-4-3-5-7-15/h3-12,22H,2,13H2,1H3/b17-12+,22-18?. The van der Waals surface area contributed by atoms with Crippen LogP contribution in [-0.4, -0.2) is 40.5 Å². The lowest BCUT2D eigenvalue weighted by Gasteiger charge is -2.20. The number of thioether (sulfide) groups is 1. The van der Waals surface area contributed by atoms with E-state index in [0.717, 1.165) is 22.3 Å². The number of carbonyl (C=O) groups is 1. The lowest BCUT2D eigenvalue weighted by molar-refractivity contribution is -0.114. The van der Waals surface area contributed by atoms with Crippen LogP contribution in [0, 0.1) is 5.41 Å². The van der Waals surface area contributed by atoms with Crippen molar-refractivity contribution in [3.63, 3.8) is 0 Å². The predicted octanol–water partition coefficient (Wildman–Crippen LogP) is 3.28. The minimum atomic E-state index is -3.55. The summed E-state index contributed by atoms with van der Waals surface area (Å²) in [6, 6.07) is 16.9. The minimum absolute atomic E-state index is 0.0289. The number of fused-ring (bicyclic) bond motifs is 1. The zero-order chi connectivity index (χ0) is 22.0. The molecule has 1 N–H and O–H groups in total. The molecule has 4 rings (SSSR count). The second-order valence-electron chi connectivity index (χ2n) is 6.63. The number of carbonyl (C=O) groups excluding carboxylic acids is 1. The molecule has 0 spiro atoms. The Morgan fingerprint density at radius 2 is 1.84 bits per heavy atom. The van der Waals surface area contributed by atoms with Crippen molar-refractivity contribution >= 4 is 49.0 Å². The summed E-state index contributed by atoms with van der Waals surface area (Å²) >= 11 is 0.780. The molecule has 2 aromatic rings. The number of ether oxygens (including phenoxy) is 1. The molecule has 8 nitrogen and oxygen atoms in total. The van der Waals surface area contributed by atoms with Gasteiger partial charge in [-0.15, -0.1) is 5.10 Å². The number of hydrogen-bond acceptors (Lipinski definition) is 7. The van der Waals surface area contributed by atoms with E-state index in [4.69, 9.17) is 10.1 Å². The first kappa shape index (κ1) is 21.0. The molecule has 2 heterocycles. The zero-order valence-electron chi connectivity index (χ0n) is 16.5. The molecule has 0 aliphatic carbocycles. The molecule has 0 unspecified atom stereocenters. The number of hydrogen-bond donors (Lipinski definition) is 1. The average molecular weight is 455 g/mol. The van der Waals surface area contributed by atoms with E-state index in [1.807, 2.05) is 30.3 Å². The topological polar surface area (TPSA) is 112 Å². The van der Waals surface area contributed by atoms with Gasteiger partial charge < -0.3 is 4.74 Å². The number of amidine groups is 2. The van der Waals surface area contributed by atoms with E-state index in [2.05, 4.69) is 10.1 Å². The van der Waals surface area contributed by atoms with Crippen LogP contribution in [0.25, 0.3) is 6.08 Å². The maximum absolute atomic E-state index is 12.4. The van der Waals surface area contributed by atoms with Gasteiger partial charge in [-0.25, -0.2) is 8.42 Å². The van der Waals surface area contributed by atoms with Crippen LogP contribution in [0.15, 0.2) is 70.3 Å². The Morgan fingerprint density at radius 3 is 2.52 bits per heavy atom. The molecule has 0 saturated carbocycles. The van der Waals surface area contributed by atoms with Gasteiger partial charge in [-0.1, -0.05) is 49.4 Å². The van der Waals surface area contributed by atoms with Crippen molar-refractivity contribution < 1.29 is 17.9 Å². The third-order valence-electron chi connectivity index (χ3n) is 4.52. The number of amides is 1. The summed E-state index contributed by atoms with van der Waals surface area (Å²) in [5.41, 5.74) is 1.76. The first-order chi connectivity index (χ1) is 14.9. The average Bonchev–Trinajstić information content (AvgIpc) is 3.22. The number of benzene rings is 2. The molecule has 158 valence electrons. The van der Waals surface area contributed by atoms with Crippen LogP contribution in [0.1, 0.15) is 18.1 Å². The number of nitrogens with one attached hydrogen (secondary N) is 1. The number of sulfone groups is 1. The molecule has 2 aliphatic rings. The van der Waals surface area contributed by atoms with Crippen molar-refractivity contribution in [1.82, 2.24) is 5.01 Å². The highest BCUT2D eigenvalue weighted by atomic mass is 32.3. The summed E-state index contributed by atoms with van der Waals surface area (Å²) in [7, 11) is -3.55. The normalized spacial score (nSPS) is 17.5. The van der Waals surface area contributed by atoms with Gasteiger partial charge in [-0.05, 0) is 41.1 Å². The second-order valence-corrected chi connectivity index (χ2v) is 10.0. The summed E-state index contributed by atoms with van der Waals surface area (Å²) in [5.74, 6) is -0.277. The molecule has 0 atom stereocenters. The molecule has 31 heavy (non-hydrogen) atoms. The maximum atomic E-state index is 12.4. The molecule has 0 radical (unpaired) electrons. The highest BCUT2D eigenvalue weighted by molar-refractivity contribution is 8.42. The lowest BCUT2D eigenvalue weighted by atomic mass is 10.1. The molecular weight excluding hydrogens is 436 g/mol. The predicted molar refractivity (Wildman–Crippen MR) is 122 cm³/mol. The highest BCUT2D eigenvalue weighted by Crippen LogP contribution is 2.30. The maximum Gasteiger partial charge on any atom is 0.283 e. The molecule has 1 amide bonds. The van der Waals surface area contributed by atoms with Crippen LogP contribution in [0.5, 0.6) is 5.75 Å². The van der Waals surface area contributed by atoms with Gasteiger partial charge >= 0.3 is 0 Å². The molecular formula is C21H18N4O4S2. The largest absolute Gasteiger partial charge is 0.489 e. The van der Waals surface area contributed by atoms with Crippen LogP contribution >= 0.6 is 11.8 Å². The Hall–Kier alpha value is -3.24. The fourth-order valence-corrected chi connectivity index (χ4v) is 4.96. The van der Waals surface area contributed by atoms with Gasteiger partial charge in [0.1, 0.15) is 12.4 Å². The van der Waals surface area contributed by atoms with Gasteiger partial charge in [0.05, 0.1) is 11.3 Å². The fourth-order valence-electron chi connectivity index (χ4n) is 2.79. The minimum Gasteiger partial charge on any atom is -0.489 e. The lowest BCUT2D eigenvalue weighted by Crippen LogP contribution is -2.35. The summed E-state index contributed by atoms with van der Waals surface area (Å²) in [5, 5.41) is 13.5. The quantitative estimate of drug-likeness (QED) is 0.694. The van der Waals surface area contributed by atoms with E-state index in [0.29, 0.717) is 17.9 Å². The summed E-state index contributed by atoms with van der Waals surface area (Å²) in [6.45, 7) is 1.95. The summed E-state index contributed by atoms with van der Waals surface area (Å²) < 4.78 is 29.7. The third-order valence-corrected chi connectivity index (χ3v) is 7.61. The van der Waals surface area contributed by atoms with Gasteiger partial charge in [0, 0.05) is 0 Å². The van der Waals surface area contributed by atoms with Crippen LogP contribution in [0.2, 0.25) is 0 Å². The van der Waals surface area contributed by atoms with Crippen molar-refractivity contribution in [2.24, 2.45) is 10.1 Å². The zero-order valence-corrected chi connectivity index (χ0v) is 18.1. The SMILES string of the molecule is CCS(=O)(=O)C1=NN2C(=N)/C(=C\c3ccc(OCc4ccccc4)cc3)C(=O)N=C2S1. The van der Waals surface area contributed by atoms with Crippen molar-refractivity contribution in [1.29, 1.82) is 5.41 Å². The van der Waals surface area contributed by atoms with Gasteiger partial charge in [0.2, 0.25) is 19.4 Å². The van der Waals surface area contributed by atoms with E-state index in [-0.39, 0.29) is 26.7 Å². The van der Waals surface area contributed by atoms with Gasteiger partial charge in [0.25, 0.3) is 5.91 Å². The van der Waals surface area contributed by atoms with Gasteiger partial charge in [-0.2, -0.15) is 10.0 Å². The smallest absolute Gasteiger partial charge is 0.283 e. The molecule has 0 aromatic heterocycles. The fraction of sp³-hybridized carbons (Fsp3) is 0.143. The van der Waals surface area contributed by atoms with Crippen molar-refractivity contribution in [2.45, 2.75) is 13.5 Å². The highest BCUT2D eigenvalue weighted by Gasteiger charge is 2.39. The Kier molecular flexibility index (Phi) is 5.75. The Morgan fingerprint density at radius 1 is 1.13 bits per heavy atom. The van der Waals surface area contributed by atoms with Crippen molar-refractivity contribution in [2.75, 3.05) is 5.75 Å². The molecule has 2 aliphatic heterocycles. The Bertz CT molecular complexity index is 1230.